The number of ether oxygens (including phenoxy) is 2. The van der Waals surface area contributed by atoms with Crippen molar-refractivity contribution in [3.8, 4) is 11.5 Å². The van der Waals surface area contributed by atoms with Crippen LogP contribution in [0.1, 0.15) is 21.6 Å². The summed E-state index contributed by atoms with van der Waals surface area (Å²) in [6.45, 7) is 2.05. The Balaban J connectivity index is 1.49. The van der Waals surface area contributed by atoms with Gasteiger partial charge in [-0.05, 0) is 41.3 Å². The lowest BCUT2D eigenvalue weighted by atomic mass is 10.1. The molecule has 0 saturated heterocycles. The summed E-state index contributed by atoms with van der Waals surface area (Å²) in [6, 6.07) is 25.9. The summed E-state index contributed by atoms with van der Waals surface area (Å²) in [5.74, 6) is 1.28. The number of aryl methyl sites for hydroxylation is 1. The molecule has 1 aliphatic rings. The highest BCUT2D eigenvalue weighted by Crippen LogP contribution is 2.31. The number of hydrogen-bond acceptors (Lipinski definition) is 3. The van der Waals surface area contributed by atoms with Gasteiger partial charge in [0.25, 0.3) is 5.91 Å². The first-order valence-electron chi connectivity index (χ1n) is 10.5. The second-order valence-electron chi connectivity index (χ2n) is 7.76. The van der Waals surface area contributed by atoms with Crippen molar-refractivity contribution in [3.05, 3.63) is 95.7 Å². The van der Waals surface area contributed by atoms with Crippen molar-refractivity contribution in [1.29, 1.82) is 0 Å². The van der Waals surface area contributed by atoms with Gasteiger partial charge in [-0.15, -0.1) is 0 Å². The van der Waals surface area contributed by atoms with Crippen LogP contribution in [0.5, 0.6) is 11.5 Å². The summed E-state index contributed by atoms with van der Waals surface area (Å²) < 4.78 is 13.5. The lowest BCUT2D eigenvalue weighted by Crippen LogP contribution is -2.31. The van der Waals surface area contributed by atoms with Crippen LogP contribution < -0.4 is 9.47 Å². The molecule has 0 spiro atoms. The van der Waals surface area contributed by atoms with Gasteiger partial charge in [0, 0.05) is 30.4 Å². The maximum absolute atomic E-state index is 13.6. The largest absolute Gasteiger partial charge is 0.486 e. The fraction of sp³-hybridized carbons (Fsp3) is 0.192. The van der Waals surface area contributed by atoms with Gasteiger partial charge in [-0.2, -0.15) is 0 Å². The fourth-order valence-corrected chi connectivity index (χ4v) is 4.06. The third-order valence-corrected chi connectivity index (χ3v) is 5.70. The van der Waals surface area contributed by atoms with E-state index in [1.54, 1.807) is 6.07 Å². The van der Waals surface area contributed by atoms with Gasteiger partial charge in [0.1, 0.15) is 13.2 Å². The number of aromatic nitrogens is 1. The second kappa shape index (κ2) is 8.19. The molecule has 156 valence electrons. The third-order valence-electron chi connectivity index (χ3n) is 5.70. The average molecular weight is 412 g/mol. The molecule has 1 amide bonds. The molecule has 3 aromatic carbocycles. The number of hydrogen-bond donors (Lipinski definition) is 0. The van der Waals surface area contributed by atoms with Crippen LogP contribution in [0.3, 0.4) is 0 Å². The van der Waals surface area contributed by atoms with Gasteiger partial charge < -0.3 is 18.9 Å². The molecule has 0 fully saturated rings. The zero-order valence-corrected chi connectivity index (χ0v) is 17.5. The van der Waals surface area contributed by atoms with Crippen LogP contribution in [-0.2, 0) is 20.1 Å². The van der Waals surface area contributed by atoms with Crippen molar-refractivity contribution in [2.45, 2.75) is 13.1 Å². The fourth-order valence-electron chi connectivity index (χ4n) is 4.06. The highest BCUT2D eigenvalue weighted by atomic mass is 16.6. The minimum absolute atomic E-state index is 0.0360. The van der Waals surface area contributed by atoms with Gasteiger partial charge >= 0.3 is 0 Å². The molecule has 1 aromatic heterocycles. The Hall–Kier alpha value is -3.73. The van der Waals surface area contributed by atoms with E-state index >= 15 is 0 Å². The maximum atomic E-state index is 13.6. The van der Waals surface area contributed by atoms with Crippen molar-refractivity contribution in [2.24, 2.45) is 7.05 Å². The maximum Gasteiger partial charge on any atom is 0.254 e. The molecule has 0 aliphatic carbocycles. The zero-order valence-electron chi connectivity index (χ0n) is 17.5. The molecule has 2 heterocycles. The number of fused-ring (bicyclic) bond motifs is 2. The molecule has 0 radical (unpaired) electrons. The quantitative estimate of drug-likeness (QED) is 0.473. The van der Waals surface area contributed by atoms with E-state index in [4.69, 9.17) is 9.47 Å². The molecule has 5 rings (SSSR count). The van der Waals surface area contributed by atoms with Gasteiger partial charge in [-0.25, -0.2) is 0 Å². The van der Waals surface area contributed by atoms with E-state index in [0.717, 1.165) is 16.8 Å². The van der Waals surface area contributed by atoms with Gasteiger partial charge in [0.15, 0.2) is 11.5 Å². The lowest BCUT2D eigenvalue weighted by Gasteiger charge is -2.25. The molecule has 1 aliphatic heterocycles. The van der Waals surface area contributed by atoms with Gasteiger partial charge in [0.05, 0.1) is 6.54 Å². The number of rotatable bonds is 5. The normalized spacial score (nSPS) is 12.7. The topological polar surface area (TPSA) is 43.7 Å². The molecule has 5 nitrogen and oxygen atoms in total. The first kappa shape index (κ1) is 19.2. The van der Waals surface area contributed by atoms with Crippen LogP contribution in [-0.4, -0.2) is 28.6 Å². The van der Waals surface area contributed by atoms with Crippen molar-refractivity contribution in [1.82, 2.24) is 9.47 Å². The highest BCUT2D eigenvalue weighted by Gasteiger charge is 2.21. The Morgan fingerprint density at radius 3 is 2.42 bits per heavy atom. The number of carbonyl (C=O) groups is 1. The first-order chi connectivity index (χ1) is 15.2. The van der Waals surface area contributed by atoms with Crippen molar-refractivity contribution >= 4 is 16.8 Å². The predicted molar refractivity (Wildman–Crippen MR) is 120 cm³/mol. The average Bonchev–Trinajstić information content (AvgIpc) is 3.14. The summed E-state index contributed by atoms with van der Waals surface area (Å²) in [5, 5.41) is 1.17. The standard InChI is InChI=1S/C26H24N2O3/c1-27-22(15-20-9-5-6-10-23(20)27)18-28(17-19-7-3-2-4-8-19)26(29)21-11-12-24-25(16-21)31-14-13-30-24/h2-12,15-16H,13-14,17-18H2,1H3. The SMILES string of the molecule is Cn1c(CN(Cc2ccccc2)C(=O)c2ccc3c(c2)OCCO3)cc2ccccc21. The van der Waals surface area contributed by atoms with Crippen LogP contribution in [0.25, 0.3) is 10.9 Å². The van der Waals surface area contributed by atoms with Crippen LogP contribution in [0.2, 0.25) is 0 Å². The Morgan fingerprint density at radius 1 is 0.871 bits per heavy atom. The van der Waals surface area contributed by atoms with Crippen LogP contribution >= 0.6 is 0 Å². The number of amides is 1. The molecular weight excluding hydrogens is 388 g/mol. The molecule has 0 bridgehead atoms. The van der Waals surface area contributed by atoms with Crippen molar-refractivity contribution < 1.29 is 14.3 Å². The highest BCUT2D eigenvalue weighted by molar-refractivity contribution is 5.95. The molecule has 31 heavy (non-hydrogen) atoms. The predicted octanol–water partition coefficient (Wildman–Crippen LogP) is 4.79. The van der Waals surface area contributed by atoms with E-state index in [9.17, 15) is 4.79 Å². The van der Waals surface area contributed by atoms with Crippen LogP contribution in [0.15, 0.2) is 78.9 Å². The van der Waals surface area contributed by atoms with E-state index in [2.05, 4.69) is 22.8 Å². The summed E-state index contributed by atoms with van der Waals surface area (Å²) in [6.07, 6.45) is 0. The van der Waals surface area contributed by atoms with E-state index in [0.29, 0.717) is 43.4 Å². The third kappa shape index (κ3) is 3.87. The molecule has 0 unspecified atom stereocenters. The zero-order chi connectivity index (χ0) is 21.2. The monoisotopic (exact) mass is 412 g/mol. The van der Waals surface area contributed by atoms with E-state index < -0.39 is 0 Å². The second-order valence-corrected chi connectivity index (χ2v) is 7.76. The van der Waals surface area contributed by atoms with Crippen molar-refractivity contribution in [3.63, 3.8) is 0 Å². The Kier molecular flexibility index (Phi) is 5.08. The molecule has 0 saturated carbocycles. The number of benzene rings is 3. The summed E-state index contributed by atoms with van der Waals surface area (Å²) in [4.78, 5) is 15.5. The first-order valence-corrected chi connectivity index (χ1v) is 10.5. The minimum Gasteiger partial charge on any atom is -0.486 e. The van der Waals surface area contributed by atoms with E-state index in [-0.39, 0.29) is 5.91 Å². The Labute approximate surface area is 181 Å². The lowest BCUT2D eigenvalue weighted by molar-refractivity contribution is 0.0725. The van der Waals surface area contributed by atoms with Gasteiger partial charge in [-0.1, -0.05) is 48.5 Å². The van der Waals surface area contributed by atoms with Crippen LogP contribution in [0, 0.1) is 0 Å². The Morgan fingerprint density at radius 2 is 1.61 bits per heavy atom. The summed E-state index contributed by atoms with van der Waals surface area (Å²) in [5.41, 5.74) is 3.93. The number of nitrogens with zero attached hydrogens (tertiary/aromatic N) is 2. The molecule has 5 heteroatoms. The number of para-hydroxylation sites is 1. The van der Waals surface area contributed by atoms with Crippen molar-refractivity contribution in [2.75, 3.05) is 13.2 Å². The molecule has 0 atom stereocenters. The summed E-state index contributed by atoms with van der Waals surface area (Å²) >= 11 is 0. The van der Waals surface area contributed by atoms with Gasteiger partial charge in [-0.3, -0.25) is 4.79 Å². The minimum atomic E-state index is -0.0360. The molecular formula is C26H24N2O3. The van der Waals surface area contributed by atoms with E-state index in [1.807, 2.05) is 66.5 Å². The summed E-state index contributed by atoms with van der Waals surface area (Å²) in [7, 11) is 2.05. The smallest absolute Gasteiger partial charge is 0.254 e. The Bertz CT molecular complexity index is 1230. The molecule has 0 N–H and O–H groups in total. The molecule has 4 aromatic rings. The number of carbonyl (C=O) groups excluding carboxylic acids is 1. The van der Waals surface area contributed by atoms with E-state index in [1.165, 1.54) is 5.39 Å². The van der Waals surface area contributed by atoms with Crippen LogP contribution in [0.4, 0.5) is 0 Å². The van der Waals surface area contributed by atoms with Gasteiger partial charge in [0.2, 0.25) is 0 Å².